The Kier molecular flexibility index (Phi) is 3.60. The second kappa shape index (κ2) is 5.34. The molecule has 0 aliphatic rings. The smallest absolute Gasteiger partial charge is 0.127 e. The van der Waals surface area contributed by atoms with Gasteiger partial charge in [0.1, 0.15) is 5.75 Å². The number of para-hydroxylation sites is 1. The average molecular weight is 228 g/mol. The minimum absolute atomic E-state index is 0.706. The summed E-state index contributed by atoms with van der Waals surface area (Å²) in [4.78, 5) is 4.11. The number of hydrogen-bond donors (Lipinski definition) is 1. The topological polar surface area (TPSA) is 48.1 Å². The minimum Gasteiger partial charge on any atom is -0.493 e. The number of pyridine rings is 1. The van der Waals surface area contributed by atoms with Crippen LogP contribution in [0.3, 0.4) is 0 Å². The number of benzene rings is 1. The molecule has 3 heteroatoms. The summed E-state index contributed by atoms with van der Waals surface area (Å²) in [6, 6.07) is 9.68. The van der Waals surface area contributed by atoms with Crippen molar-refractivity contribution in [1.82, 2.24) is 4.98 Å². The molecular formula is C14H16N2O. The standard InChI is InChI=1S/C14H16N2O/c1-2-9-17-14-6-4-3-5-11(14)12-10-16-8-7-13(12)15/h3-8,10H,2,9H2,1H3,(H2,15,16). The van der Waals surface area contributed by atoms with Crippen molar-refractivity contribution in [3.63, 3.8) is 0 Å². The number of aromatic nitrogens is 1. The maximum absolute atomic E-state index is 5.95. The van der Waals surface area contributed by atoms with Gasteiger partial charge in [-0.3, -0.25) is 4.98 Å². The van der Waals surface area contributed by atoms with Crippen molar-refractivity contribution >= 4 is 5.69 Å². The molecule has 0 aliphatic heterocycles. The highest BCUT2D eigenvalue weighted by molar-refractivity contribution is 5.79. The van der Waals surface area contributed by atoms with E-state index in [1.807, 2.05) is 24.3 Å². The summed E-state index contributed by atoms with van der Waals surface area (Å²) in [5.74, 6) is 0.856. The zero-order chi connectivity index (χ0) is 12.1. The molecule has 0 saturated heterocycles. The van der Waals surface area contributed by atoms with Gasteiger partial charge in [-0.05, 0) is 18.6 Å². The molecule has 0 radical (unpaired) electrons. The van der Waals surface area contributed by atoms with Gasteiger partial charge in [-0.15, -0.1) is 0 Å². The number of nitrogens with zero attached hydrogens (tertiary/aromatic N) is 1. The van der Waals surface area contributed by atoms with Crippen molar-refractivity contribution in [1.29, 1.82) is 0 Å². The molecule has 1 aromatic heterocycles. The van der Waals surface area contributed by atoms with Gasteiger partial charge in [-0.1, -0.05) is 25.1 Å². The predicted octanol–water partition coefficient (Wildman–Crippen LogP) is 3.12. The van der Waals surface area contributed by atoms with Crippen LogP contribution < -0.4 is 10.5 Å². The highest BCUT2D eigenvalue weighted by Crippen LogP contribution is 2.32. The average Bonchev–Trinajstić information content (AvgIpc) is 2.37. The van der Waals surface area contributed by atoms with Gasteiger partial charge >= 0.3 is 0 Å². The van der Waals surface area contributed by atoms with E-state index in [4.69, 9.17) is 10.5 Å². The quantitative estimate of drug-likeness (QED) is 0.874. The Morgan fingerprint density at radius 2 is 2.00 bits per heavy atom. The molecule has 0 amide bonds. The lowest BCUT2D eigenvalue weighted by atomic mass is 10.1. The van der Waals surface area contributed by atoms with Crippen LogP contribution in [0.25, 0.3) is 11.1 Å². The van der Waals surface area contributed by atoms with Gasteiger partial charge < -0.3 is 10.5 Å². The molecule has 1 aromatic carbocycles. The summed E-state index contributed by atoms with van der Waals surface area (Å²) >= 11 is 0. The molecule has 0 bridgehead atoms. The van der Waals surface area contributed by atoms with E-state index in [1.165, 1.54) is 0 Å². The first-order valence-electron chi connectivity index (χ1n) is 5.74. The Labute approximate surface area is 101 Å². The summed E-state index contributed by atoms with van der Waals surface area (Å²) < 4.78 is 5.71. The largest absolute Gasteiger partial charge is 0.493 e. The third-order valence-electron chi connectivity index (χ3n) is 2.49. The first-order valence-corrected chi connectivity index (χ1v) is 5.74. The van der Waals surface area contributed by atoms with Gasteiger partial charge in [0, 0.05) is 29.2 Å². The molecular weight excluding hydrogens is 212 g/mol. The van der Waals surface area contributed by atoms with E-state index in [0.29, 0.717) is 12.3 Å². The summed E-state index contributed by atoms with van der Waals surface area (Å²) in [6.45, 7) is 2.79. The lowest BCUT2D eigenvalue weighted by Crippen LogP contribution is -1.98. The summed E-state index contributed by atoms with van der Waals surface area (Å²) in [5, 5.41) is 0. The number of anilines is 1. The van der Waals surface area contributed by atoms with Crippen LogP contribution >= 0.6 is 0 Å². The molecule has 2 N–H and O–H groups in total. The fourth-order valence-electron chi connectivity index (χ4n) is 1.66. The van der Waals surface area contributed by atoms with Crippen LogP contribution in [-0.2, 0) is 0 Å². The number of nitrogen functional groups attached to an aromatic ring is 1. The van der Waals surface area contributed by atoms with Crippen molar-refractivity contribution in [3.8, 4) is 16.9 Å². The van der Waals surface area contributed by atoms with Gasteiger partial charge in [-0.25, -0.2) is 0 Å². The lowest BCUT2D eigenvalue weighted by molar-refractivity contribution is 0.318. The molecule has 2 rings (SSSR count). The molecule has 0 spiro atoms. The summed E-state index contributed by atoms with van der Waals surface area (Å²) in [5.41, 5.74) is 8.58. The number of nitrogens with two attached hydrogens (primary N) is 1. The Morgan fingerprint density at radius 3 is 2.76 bits per heavy atom. The van der Waals surface area contributed by atoms with Crippen LogP contribution in [0, 0.1) is 0 Å². The van der Waals surface area contributed by atoms with Crippen molar-refractivity contribution in [2.45, 2.75) is 13.3 Å². The van der Waals surface area contributed by atoms with Crippen molar-refractivity contribution in [2.75, 3.05) is 12.3 Å². The fourth-order valence-corrected chi connectivity index (χ4v) is 1.66. The summed E-state index contributed by atoms with van der Waals surface area (Å²) in [7, 11) is 0. The summed E-state index contributed by atoms with van der Waals surface area (Å²) in [6.07, 6.45) is 4.44. The lowest BCUT2D eigenvalue weighted by Gasteiger charge is -2.11. The third kappa shape index (κ3) is 2.56. The molecule has 0 aliphatic carbocycles. The SMILES string of the molecule is CCCOc1ccccc1-c1cnccc1N. The number of hydrogen-bond acceptors (Lipinski definition) is 3. The second-order valence-corrected chi connectivity index (χ2v) is 3.81. The van der Waals surface area contributed by atoms with Crippen molar-refractivity contribution in [2.24, 2.45) is 0 Å². The van der Waals surface area contributed by atoms with Crippen LogP contribution in [0.1, 0.15) is 13.3 Å². The van der Waals surface area contributed by atoms with Crippen LogP contribution in [-0.4, -0.2) is 11.6 Å². The molecule has 1 heterocycles. The van der Waals surface area contributed by atoms with Crippen LogP contribution in [0.15, 0.2) is 42.7 Å². The van der Waals surface area contributed by atoms with Gasteiger partial charge in [0.25, 0.3) is 0 Å². The fraction of sp³-hybridized carbons (Fsp3) is 0.214. The van der Waals surface area contributed by atoms with E-state index >= 15 is 0 Å². The van der Waals surface area contributed by atoms with Crippen LogP contribution in [0.4, 0.5) is 5.69 Å². The number of rotatable bonds is 4. The maximum atomic E-state index is 5.95. The molecule has 3 nitrogen and oxygen atoms in total. The zero-order valence-corrected chi connectivity index (χ0v) is 9.89. The minimum atomic E-state index is 0.706. The molecule has 0 unspecified atom stereocenters. The van der Waals surface area contributed by atoms with E-state index in [2.05, 4.69) is 11.9 Å². The van der Waals surface area contributed by atoms with Crippen molar-refractivity contribution < 1.29 is 4.74 Å². The van der Waals surface area contributed by atoms with E-state index < -0.39 is 0 Å². The van der Waals surface area contributed by atoms with Gasteiger partial charge in [0.15, 0.2) is 0 Å². The molecule has 17 heavy (non-hydrogen) atoms. The van der Waals surface area contributed by atoms with E-state index in [0.717, 1.165) is 23.3 Å². The van der Waals surface area contributed by atoms with E-state index in [-0.39, 0.29) is 0 Å². The highest BCUT2D eigenvalue weighted by Gasteiger charge is 2.08. The molecule has 0 fully saturated rings. The number of ether oxygens (including phenoxy) is 1. The molecule has 88 valence electrons. The molecule has 0 atom stereocenters. The second-order valence-electron chi connectivity index (χ2n) is 3.81. The van der Waals surface area contributed by atoms with Gasteiger partial charge in [0.2, 0.25) is 0 Å². The monoisotopic (exact) mass is 228 g/mol. The third-order valence-corrected chi connectivity index (χ3v) is 2.49. The van der Waals surface area contributed by atoms with Gasteiger partial charge in [0.05, 0.1) is 6.61 Å². The van der Waals surface area contributed by atoms with Crippen LogP contribution in [0.5, 0.6) is 5.75 Å². The maximum Gasteiger partial charge on any atom is 0.127 e. The van der Waals surface area contributed by atoms with E-state index in [9.17, 15) is 0 Å². The zero-order valence-electron chi connectivity index (χ0n) is 9.89. The normalized spacial score (nSPS) is 10.2. The Morgan fingerprint density at radius 1 is 1.18 bits per heavy atom. The molecule has 2 aromatic rings. The predicted molar refractivity (Wildman–Crippen MR) is 69.9 cm³/mol. The Balaban J connectivity index is 2.41. The van der Waals surface area contributed by atoms with E-state index in [1.54, 1.807) is 18.5 Å². The Hall–Kier alpha value is -2.03. The van der Waals surface area contributed by atoms with Crippen LogP contribution in [0.2, 0.25) is 0 Å². The van der Waals surface area contributed by atoms with Gasteiger partial charge in [-0.2, -0.15) is 0 Å². The first-order chi connectivity index (χ1) is 8.33. The highest BCUT2D eigenvalue weighted by atomic mass is 16.5. The first kappa shape index (κ1) is 11.5. The van der Waals surface area contributed by atoms with Crippen molar-refractivity contribution in [3.05, 3.63) is 42.7 Å². The molecule has 0 saturated carbocycles. The Bertz CT molecular complexity index is 497.